The molecule has 1 fully saturated rings. The van der Waals surface area contributed by atoms with Gasteiger partial charge in [0.1, 0.15) is 23.4 Å². The molecule has 0 radical (unpaired) electrons. The van der Waals surface area contributed by atoms with Gasteiger partial charge in [-0.3, -0.25) is 48.9 Å². The van der Waals surface area contributed by atoms with Crippen molar-refractivity contribution < 1.29 is 57.2 Å². The highest BCUT2D eigenvalue weighted by Gasteiger charge is 2.36. The predicted molar refractivity (Wildman–Crippen MR) is 382 cm³/mol. The molecule has 0 spiro atoms. The number of hydrogen-bond donors (Lipinski definition) is 6. The Morgan fingerprint density at radius 1 is 0.633 bits per heavy atom. The van der Waals surface area contributed by atoms with Gasteiger partial charge in [-0.15, -0.1) is 0 Å². The van der Waals surface area contributed by atoms with E-state index < -0.39 is 17.9 Å². The molecule has 2 bridgehead atoms. The lowest BCUT2D eigenvalue weighted by Gasteiger charge is -2.26. The number of aromatic nitrogens is 2. The average molecular weight is 1370 g/mol. The number of methoxy groups -OCH3 is 3. The van der Waals surface area contributed by atoms with Crippen molar-refractivity contribution in [1.82, 2.24) is 30.4 Å². The first kappa shape index (κ1) is 69.9. The van der Waals surface area contributed by atoms with Crippen LogP contribution in [0.15, 0.2) is 101 Å². The van der Waals surface area contributed by atoms with Crippen molar-refractivity contribution in [1.29, 1.82) is 0 Å². The number of nitrogens with zero attached hydrogens (tertiary/aromatic N) is 6. The zero-order valence-electron chi connectivity index (χ0n) is 55.8. The number of anilines is 4. The molecule has 11 rings (SSSR count). The Hall–Kier alpha value is -9.43. The molecule has 4 unspecified atom stereocenters. The second-order valence-electron chi connectivity index (χ2n) is 25.0. The van der Waals surface area contributed by atoms with Crippen LogP contribution >= 0.6 is 23.5 Å². The van der Waals surface area contributed by atoms with E-state index in [1.165, 1.54) is 46.3 Å². The highest BCUT2D eigenvalue weighted by Crippen LogP contribution is 2.43. The van der Waals surface area contributed by atoms with Gasteiger partial charge in [0.25, 0.3) is 11.8 Å². The summed E-state index contributed by atoms with van der Waals surface area (Å²) in [4.78, 5) is 116. The summed E-state index contributed by atoms with van der Waals surface area (Å²) in [5.74, 6) is 1.95. The van der Waals surface area contributed by atoms with Crippen molar-refractivity contribution in [3.05, 3.63) is 114 Å². The van der Waals surface area contributed by atoms with Crippen LogP contribution in [0.4, 0.5) is 34.6 Å². The fourth-order valence-electron chi connectivity index (χ4n) is 12.5. The second kappa shape index (κ2) is 33.2. The molecule has 6 heterocycles. The Morgan fingerprint density at radius 2 is 1.18 bits per heavy atom. The number of carbonyl (C=O) groups excluding carboxylic acids is 7. The molecule has 24 nitrogen and oxygen atoms in total. The molecule has 0 saturated heterocycles. The van der Waals surface area contributed by atoms with E-state index in [1.807, 2.05) is 72.3 Å². The highest BCUT2D eigenvalue weighted by atomic mass is 32.2. The third-order valence-corrected chi connectivity index (χ3v) is 20.8. The molecule has 4 aromatic carbocycles. The molecule has 6 aliphatic rings. The lowest BCUT2D eigenvalue weighted by Crippen LogP contribution is -2.51. The maximum Gasteiger partial charge on any atom is 0.260 e. The molecule has 1 saturated carbocycles. The molecular formula is C72H84N12O12S2. The standard InChI is InChI=1S/C72H84N12O12S2/c1-43(2)68(81-64(85)15-11-26-73-62-37-63-78-65(86)24-29-97-60-13-9-7-6-8-10-14-61(60)98-30-25-66(87)82-72(79-62)80-63)69(89)76-40-67(88)77-48-20-16-44(17-21-48)46-31-49-38-74-54-35-58(56(93-4)33-52(54)70(90)83(49)41-46)95-27-12-28-96-59-36-55-53(34-57(59)94-5)71(91)84-42-47(32-50(84)39-75-55)45-18-22-51(92-3)23-19-45/h16-23,33-39,41-43,49-50,60-61,68H,6-15,24-32,40H2,1-5H3,(H,76,89)(H,77,88)(H,81,85)(H3,73,78,79,80,82,86,87)/t49?,50-,60?,61?,68?/m0/s1. The summed E-state index contributed by atoms with van der Waals surface area (Å²) in [5.41, 5.74) is 5.91. The van der Waals surface area contributed by atoms with Crippen LogP contribution in [0.25, 0.3) is 11.1 Å². The summed E-state index contributed by atoms with van der Waals surface area (Å²) in [7, 11) is 4.65. The molecule has 1 aromatic heterocycles. The van der Waals surface area contributed by atoms with Gasteiger partial charge in [0, 0.05) is 116 Å². The van der Waals surface area contributed by atoms with E-state index in [1.54, 1.807) is 85.7 Å². The molecule has 26 heteroatoms. The fraction of sp³-hybridized carbons (Fsp3) is 0.431. The summed E-state index contributed by atoms with van der Waals surface area (Å²) >= 11 is 3.72. The van der Waals surface area contributed by atoms with Crippen LogP contribution in [-0.2, 0) is 24.0 Å². The van der Waals surface area contributed by atoms with Crippen LogP contribution in [0, 0.1) is 5.92 Å². The van der Waals surface area contributed by atoms with E-state index in [4.69, 9.17) is 33.7 Å². The van der Waals surface area contributed by atoms with E-state index in [0.29, 0.717) is 124 Å². The number of benzene rings is 4. The molecule has 98 heavy (non-hydrogen) atoms. The van der Waals surface area contributed by atoms with Crippen LogP contribution in [0.1, 0.15) is 136 Å². The molecule has 1 aliphatic carbocycles. The third-order valence-electron chi connectivity index (χ3n) is 17.8. The van der Waals surface area contributed by atoms with E-state index >= 15 is 0 Å². The van der Waals surface area contributed by atoms with Crippen molar-refractivity contribution in [2.45, 2.75) is 132 Å². The second-order valence-corrected chi connectivity index (χ2v) is 27.7. The first-order valence-electron chi connectivity index (χ1n) is 33.5. The number of thioether (sulfide) groups is 2. The monoisotopic (exact) mass is 1370 g/mol. The lowest BCUT2D eigenvalue weighted by atomic mass is 10.0. The van der Waals surface area contributed by atoms with Gasteiger partial charge < -0.3 is 60.1 Å². The van der Waals surface area contributed by atoms with E-state index in [2.05, 4.69) is 41.9 Å². The van der Waals surface area contributed by atoms with Crippen molar-refractivity contribution >= 4 is 123 Å². The zero-order valence-corrected chi connectivity index (χ0v) is 57.5. The number of rotatable bonds is 22. The first-order chi connectivity index (χ1) is 47.6. The van der Waals surface area contributed by atoms with Crippen molar-refractivity contribution in [2.24, 2.45) is 15.9 Å². The molecule has 516 valence electrons. The molecule has 6 N–H and O–H groups in total. The van der Waals surface area contributed by atoms with Gasteiger partial charge in [-0.1, -0.05) is 70.2 Å². The van der Waals surface area contributed by atoms with E-state index in [9.17, 15) is 33.6 Å². The van der Waals surface area contributed by atoms with Gasteiger partial charge in [-0.2, -0.15) is 33.5 Å². The maximum absolute atomic E-state index is 14.2. The predicted octanol–water partition coefficient (Wildman–Crippen LogP) is 11.0. The van der Waals surface area contributed by atoms with Crippen LogP contribution in [-0.4, -0.2) is 161 Å². The van der Waals surface area contributed by atoms with Crippen LogP contribution < -0.4 is 55.6 Å². The normalized spacial score (nSPS) is 19.6. The number of aliphatic imine (C=N–C) groups is 2. The molecule has 5 aliphatic heterocycles. The Morgan fingerprint density at radius 3 is 1.73 bits per heavy atom. The van der Waals surface area contributed by atoms with Crippen LogP contribution in [0.3, 0.4) is 0 Å². The number of nitrogens with one attached hydrogen (secondary N) is 6. The number of amides is 7. The van der Waals surface area contributed by atoms with Gasteiger partial charge in [-0.05, 0) is 83.9 Å². The lowest BCUT2D eigenvalue weighted by molar-refractivity contribution is -0.130. The van der Waals surface area contributed by atoms with Gasteiger partial charge in [0.15, 0.2) is 23.0 Å². The van der Waals surface area contributed by atoms with Gasteiger partial charge in [0.2, 0.25) is 35.5 Å². The Balaban J connectivity index is 0.610. The van der Waals surface area contributed by atoms with Crippen molar-refractivity contribution in [3.63, 3.8) is 0 Å². The minimum absolute atomic E-state index is 0.0650. The first-order valence-corrected chi connectivity index (χ1v) is 35.6. The van der Waals surface area contributed by atoms with Gasteiger partial charge in [0.05, 0.1) is 75.7 Å². The number of carbonyl (C=O) groups is 7. The highest BCUT2D eigenvalue weighted by molar-refractivity contribution is 8.03. The van der Waals surface area contributed by atoms with Crippen molar-refractivity contribution in [3.8, 4) is 28.7 Å². The topological polar surface area (TPSA) is 295 Å². The molecule has 5 aromatic rings. The Kier molecular flexibility index (Phi) is 23.7. The smallest absolute Gasteiger partial charge is 0.260 e. The Labute approximate surface area is 578 Å². The minimum Gasteiger partial charge on any atom is -0.497 e. The van der Waals surface area contributed by atoms with Crippen molar-refractivity contribution in [2.75, 3.05) is 80.4 Å². The quantitative estimate of drug-likeness (QED) is 0.0351. The minimum atomic E-state index is -0.909. The summed E-state index contributed by atoms with van der Waals surface area (Å²) in [5, 5.41) is 18.0. The molecule has 7 amide bonds. The summed E-state index contributed by atoms with van der Waals surface area (Å²) < 4.78 is 29.1. The number of fused-ring (bicyclic) bond motifs is 7. The fourth-order valence-corrected chi connectivity index (χ4v) is 15.5. The van der Waals surface area contributed by atoms with E-state index in [0.717, 1.165) is 40.9 Å². The average Bonchev–Trinajstić information content (AvgIpc) is 1.61. The van der Waals surface area contributed by atoms with Gasteiger partial charge >= 0.3 is 0 Å². The Bertz CT molecular complexity index is 3850. The van der Waals surface area contributed by atoms with Crippen LogP contribution in [0.5, 0.6) is 28.7 Å². The number of hydrogen-bond acceptors (Lipinski definition) is 19. The maximum atomic E-state index is 14.2. The summed E-state index contributed by atoms with van der Waals surface area (Å²) in [6, 6.07) is 21.7. The SMILES string of the molecule is COc1ccc(C2=CN3C(=O)c4cc(OC)c(OCCCOc5cc6c(cc5OC)C(=O)N5C=C(c7ccc(NC(=O)CNC(=O)C(NC(=O)CCCNc8cc9nc(n8)NC(=O)CCSC8CCCCCCCC8SCCC(=O)N9)C(C)C)cc7)CC5C=N6)cc4N=C[C@@H]3C2)cc1. The van der Waals surface area contributed by atoms with Crippen LogP contribution in [0.2, 0.25) is 0 Å². The number of ether oxygens (including phenoxy) is 5. The molecular weight excluding hydrogens is 1290 g/mol. The molecule has 5 atom stereocenters. The summed E-state index contributed by atoms with van der Waals surface area (Å²) in [6.07, 6.45) is 18.2. The zero-order chi connectivity index (χ0) is 68.7. The largest absolute Gasteiger partial charge is 0.497 e. The van der Waals surface area contributed by atoms with E-state index in [-0.39, 0.29) is 85.5 Å². The third kappa shape index (κ3) is 17.8. The van der Waals surface area contributed by atoms with Gasteiger partial charge in [-0.25, -0.2) is 0 Å². The summed E-state index contributed by atoms with van der Waals surface area (Å²) in [6.45, 7) is 4.06.